The molecule has 3 rings (SSSR count). The minimum atomic E-state index is -0.648. The van der Waals surface area contributed by atoms with E-state index in [1.165, 1.54) is 32.4 Å². The molecule has 0 atom stereocenters. The first-order chi connectivity index (χ1) is 14.3. The quantitative estimate of drug-likeness (QED) is 0.617. The summed E-state index contributed by atoms with van der Waals surface area (Å²) in [7, 11) is 2.45. The lowest BCUT2D eigenvalue weighted by Crippen LogP contribution is -2.16. The minimum absolute atomic E-state index is 0.103. The molecule has 10 heteroatoms. The molecular weight excluding hydrogens is 390 g/mol. The maximum absolute atomic E-state index is 12.6. The first kappa shape index (κ1) is 20.8. The number of amides is 1. The van der Waals surface area contributed by atoms with Gasteiger partial charge < -0.3 is 14.8 Å². The first-order valence-corrected chi connectivity index (χ1v) is 8.98. The van der Waals surface area contributed by atoms with Gasteiger partial charge in [-0.25, -0.2) is 14.3 Å². The predicted octanol–water partition coefficient (Wildman–Crippen LogP) is 2.03. The third-order valence-corrected chi connectivity index (χ3v) is 4.29. The summed E-state index contributed by atoms with van der Waals surface area (Å²) in [5.41, 5.74) is 2.47. The van der Waals surface area contributed by atoms with Crippen molar-refractivity contribution in [2.75, 3.05) is 19.5 Å². The molecule has 0 aliphatic rings. The largest absolute Gasteiger partial charge is 0.465 e. The summed E-state index contributed by atoms with van der Waals surface area (Å²) in [4.78, 5) is 36.4. The van der Waals surface area contributed by atoms with Crippen molar-refractivity contribution in [2.45, 2.75) is 20.5 Å². The van der Waals surface area contributed by atoms with Crippen LogP contribution in [0.15, 0.2) is 36.5 Å². The Hall–Kier alpha value is -3.95. The van der Waals surface area contributed by atoms with Crippen molar-refractivity contribution in [3.8, 4) is 0 Å². The van der Waals surface area contributed by atoms with Gasteiger partial charge in [0.05, 0.1) is 31.0 Å². The van der Waals surface area contributed by atoms with Crippen LogP contribution in [0.5, 0.6) is 0 Å². The van der Waals surface area contributed by atoms with Crippen LogP contribution in [0.3, 0.4) is 0 Å². The number of anilines is 1. The second kappa shape index (κ2) is 8.60. The number of nitrogens with zero attached hydrogens (tertiary/aromatic N) is 4. The molecule has 1 amide bonds. The van der Waals surface area contributed by atoms with Crippen LogP contribution in [0.25, 0.3) is 0 Å². The van der Waals surface area contributed by atoms with Gasteiger partial charge in [0.15, 0.2) is 5.69 Å². The average Bonchev–Trinajstić information content (AvgIpc) is 3.32. The van der Waals surface area contributed by atoms with E-state index >= 15 is 0 Å². The second-order valence-corrected chi connectivity index (χ2v) is 6.54. The van der Waals surface area contributed by atoms with Crippen LogP contribution in [0.2, 0.25) is 0 Å². The normalized spacial score (nSPS) is 10.5. The molecule has 2 heterocycles. The first-order valence-electron chi connectivity index (χ1n) is 8.98. The fraction of sp³-hybridized carbons (Fsp3) is 0.250. The Bertz CT molecular complexity index is 1080. The van der Waals surface area contributed by atoms with E-state index in [4.69, 9.17) is 9.47 Å². The molecule has 0 radical (unpaired) electrons. The van der Waals surface area contributed by atoms with Crippen LogP contribution >= 0.6 is 0 Å². The second-order valence-electron chi connectivity index (χ2n) is 6.54. The van der Waals surface area contributed by atoms with E-state index in [2.05, 4.69) is 15.5 Å². The molecule has 0 bridgehead atoms. The summed E-state index contributed by atoms with van der Waals surface area (Å²) in [6, 6.07) is 7.65. The van der Waals surface area contributed by atoms with Gasteiger partial charge in [0, 0.05) is 17.6 Å². The number of ether oxygens (including phenoxy) is 2. The van der Waals surface area contributed by atoms with E-state index in [-0.39, 0.29) is 22.5 Å². The van der Waals surface area contributed by atoms with Crippen molar-refractivity contribution in [1.29, 1.82) is 0 Å². The van der Waals surface area contributed by atoms with Crippen LogP contribution < -0.4 is 5.32 Å². The molecule has 0 saturated carbocycles. The molecule has 3 aromatic rings. The Morgan fingerprint density at radius 2 is 1.60 bits per heavy atom. The molecule has 1 aromatic carbocycles. The Labute approximate surface area is 172 Å². The molecular formula is C20H21N5O5. The number of rotatable bonds is 6. The van der Waals surface area contributed by atoms with Crippen LogP contribution in [0, 0.1) is 13.8 Å². The molecule has 0 unspecified atom stereocenters. The lowest BCUT2D eigenvalue weighted by Gasteiger charge is -2.09. The maximum Gasteiger partial charge on any atom is 0.337 e. The molecule has 0 aliphatic heterocycles. The highest BCUT2D eigenvalue weighted by Gasteiger charge is 2.16. The molecule has 0 aliphatic carbocycles. The zero-order valence-corrected chi connectivity index (χ0v) is 17.0. The maximum atomic E-state index is 12.6. The molecule has 30 heavy (non-hydrogen) atoms. The zero-order chi connectivity index (χ0) is 21.8. The molecule has 1 N–H and O–H groups in total. The summed E-state index contributed by atoms with van der Waals surface area (Å²) in [6.45, 7) is 4.19. The van der Waals surface area contributed by atoms with Gasteiger partial charge in [0.2, 0.25) is 0 Å². The number of aryl methyl sites for hydroxylation is 2. The molecule has 0 spiro atoms. The molecule has 0 fully saturated rings. The SMILES string of the molecule is COC(=O)c1cc(NC(=O)c2ccn(Cn3nc(C)cc3C)n2)cc(C(=O)OC)c1. The topological polar surface area (TPSA) is 117 Å². The standard InChI is InChI=1S/C20H21N5O5/c1-12-7-13(2)25(22-12)11-24-6-5-17(23-24)18(26)21-16-9-14(19(27)29-3)8-15(10-16)20(28)30-4/h5-10H,11H2,1-4H3,(H,21,26). The van der Waals surface area contributed by atoms with Gasteiger partial charge in [-0.3, -0.25) is 9.48 Å². The minimum Gasteiger partial charge on any atom is -0.465 e. The summed E-state index contributed by atoms with van der Waals surface area (Å²) >= 11 is 0. The van der Waals surface area contributed by atoms with Crippen molar-refractivity contribution in [3.05, 3.63) is 64.7 Å². The number of hydrogen-bond donors (Lipinski definition) is 1. The number of hydrogen-bond acceptors (Lipinski definition) is 7. The van der Waals surface area contributed by atoms with Gasteiger partial charge in [-0.1, -0.05) is 0 Å². The van der Waals surface area contributed by atoms with Crippen LogP contribution in [-0.2, 0) is 16.1 Å². The van der Waals surface area contributed by atoms with E-state index < -0.39 is 17.8 Å². The number of aromatic nitrogens is 4. The lowest BCUT2D eigenvalue weighted by molar-refractivity contribution is 0.0599. The highest BCUT2D eigenvalue weighted by molar-refractivity contribution is 6.04. The Morgan fingerprint density at radius 1 is 0.967 bits per heavy atom. The third kappa shape index (κ3) is 4.54. The van der Waals surface area contributed by atoms with E-state index in [9.17, 15) is 14.4 Å². The zero-order valence-electron chi connectivity index (χ0n) is 17.0. The summed E-state index contributed by atoms with van der Waals surface area (Å²) < 4.78 is 12.7. The van der Waals surface area contributed by atoms with E-state index in [1.54, 1.807) is 21.6 Å². The molecule has 156 valence electrons. The fourth-order valence-corrected chi connectivity index (χ4v) is 2.88. The van der Waals surface area contributed by atoms with Crippen LogP contribution in [-0.4, -0.2) is 51.6 Å². The summed E-state index contributed by atoms with van der Waals surface area (Å²) in [5, 5.41) is 11.3. The van der Waals surface area contributed by atoms with E-state index in [1.807, 2.05) is 19.9 Å². The summed E-state index contributed by atoms with van der Waals surface area (Å²) in [5.74, 6) is -1.80. The Kier molecular flexibility index (Phi) is 5.95. The van der Waals surface area contributed by atoms with Crippen molar-refractivity contribution in [2.24, 2.45) is 0 Å². The van der Waals surface area contributed by atoms with Gasteiger partial charge in [0.1, 0.15) is 6.67 Å². The number of benzene rings is 1. The molecule has 10 nitrogen and oxygen atoms in total. The van der Waals surface area contributed by atoms with Crippen LogP contribution in [0.1, 0.15) is 42.6 Å². The van der Waals surface area contributed by atoms with Crippen molar-refractivity contribution >= 4 is 23.5 Å². The fourth-order valence-electron chi connectivity index (χ4n) is 2.88. The number of nitrogens with one attached hydrogen (secondary N) is 1. The molecule has 0 saturated heterocycles. The predicted molar refractivity (Wildman–Crippen MR) is 106 cm³/mol. The third-order valence-electron chi connectivity index (χ3n) is 4.29. The van der Waals surface area contributed by atoms with Crippen molar-refractivity contribution in [3.63, 3.8) is 0 Å². The van der Waals surface area contributed by atoms with E-state index in [0.29, 0.717) is 6.67 Å². The number of carbonyl (C=O) groups is 3. The van der Waals surface area contributed by atoms with Crippen molar-refractivity contribution < 1.29 is 23.9 Å². The number of esters is 2. The van der Waals surface area contributed by atoms with Gasteiger partial charge in [-0.05, 0) is 44.2 Å². The van der Waals surface area contributed by atoms with Gasteiger partial charge in [-0.2, -0.15) is 10.2 Å². The lowest BCUT2D eigenvalue weighted by atomic mass is 10.1. The molecule has 2 aromatic heterocycles. The van der Waals surface area contributed by atoms with Gasteiger partial charge in [0.25, 0.3) is 5.91 Å². The Morgan fingerprint density at radius 3 is 2.13 bits per heavy atom. The van der Waals surface area contributed by atoms with Crippen LogP contribution in [0.4, 0.5) is 5.69 Å². The average molecular weight is 411 g/mol. The Balaban J connectivity index is 1.80. The van der Waals surface area contributed by atoms with Gasteiger partial charge >= 0.3 is 11.9 Å². The number of methoxy groups -OCH3 is 2. The van der Waals surface area contributed by atoms with Gasteiger partial charge in [-0.15, -0.1) is 0 Å². The number of carbonyl (C=O) groups excluding carboxylic acids is 3. The van der Waals surface area contributed by atoms with E-state index in [0.717, 1.165) is 11.4 Å². The highest BCUT2D eigenvalue weighted by Crippen LogP contribution is 2.18. The smallest absolute Gasteiger partial charge is 0.337 e. The monoisotopic (exact) mass is 411 g/mol. The highest BCUT2D eigenvalue weighted by atomic mass is 16.5. The van der Waals surface area contributed by atoms with Crippen molar-refractivity contribution in [1.82, 2.24) is 19.6 Å². The summed E-state index contributed by atoms with van der Waals surface area (Å²) in [6.07, 6.45) is 1.66.